The van der Waals surface area contributed by atoms with Gasteiger partial charge in [-0.05, 0) is 66.3 Å². The maximum atomic E-state index is 12.9. The third-order valence-corrected chi connectivity index (χ3v) is 8.78. The zero-order valence-corrected chi connectivity index (χ0v) is 21.8. The minimum atomic E-state index is -3.50. The number of nitrogens with zero attached hydrogens (tertiary/aromatic N) is 2. The van der Waals surface area contributed by atoms with Crippen LogP contribution < -0.4 is 10.1 Å². The highest BCUT2D eigenvalue weighted by molar-refractivity contribution is 7.91. The first-order valence-electron chi connectivity index (χ1n) is 12.6. The lowest BCUT2D eigenvalue weighted by Gasteiger charge is -2.13. The van der Waals surface area contributed by atoms with Crippen molar-refractivity contribution in [2.45, 2.75) is 36.8 Å². The summed E-state index contributed by atoms with van der Waals surface area (Å²) in [6.07, 6.45) is 4.10. The van der Waals surface area contributed by atoms with Crippen LogP contribution >= 0.6 is 0 Å². The summed E-state index contributed by atoms with van der Waals surface area (Å²) in [4.78, 5) is 22.4. The molecule has 4 aromatic rings. The zero-order chi connectivity index (χ0) is 26.3. The topological polar surface area (TPSA) is 107 Å². The number of fused-ring (bicyclic) bond motifs is 2. The fraction of sp³-hybridized carbons (Fsp3) is 0.276. The molecule has 3 heterocycles. The molecule has 0 atom stereocenters. The van der Waals surface area contributed by atoms with E-state index in [-0.39, 0.29) is 41.9 Å². The van der Waals surface area contributed by atoms with Gasteiger partial charge >= 0.3 is 0 Å². The highest BCUT2D eigenvalue weighted by atomic mass is 32.2. The summed E-state index contributed by atoms with van der Waals surface area (Å²) in [5, 5.41) is 3.73. The molecule has 9 heteroatoms. The molecule has 1 saturated carbocycles. The molecule has 2 aromatic heterocycles. The molecular formula is C29H27N3O5S. The number of aromatic nitrogens is 2. The lowest BCUT2D eigenvalue weighted by Crippen LogP contribution is -2.23. The standard InChI is InChI=1S/C29H27N3O5S/c1-36-28-23(18-5-6-18)3-2-4-24(28)25-10-9-20-15-30-22(14-26(20)32-25)16-31-29(33)19-7-8-21-17-37-11-12-38(34,35)27(21)13-19/h2-4,7-10,13-15,18H,5-6,11-12,16-17H2,1H3,(H,31,33). The molecule has 1 amide bonds. The molecule has 0 saturated heterocycles. The van der Waals surface area contributed by atoms with E-state index in [4.69, 9.17) is 14.5 Å². The summed E-state index contributed by atoms with van der Waals surface area (Å²) in [5.41, 5.74) is 5.24. The van der Waals surface area contributed by atoms with Crippen LogP contribution in [0.3, 0.4) is 0 Å². The summed E-state index contributed by atoms with van der Waals surface area (Å²) < 4.78 is 36.3. The second-order valence-corrected chi connectivity index (χ2v) is 11.7. The van der Waals surface area contributed by atoms with Gasteiger partial charge in [-0.2, -0.15) is 0 Å². The zero-order valence-electron chi connectivity index (χ0n) is 20.9. The summed E-state index contributed by atoms with van der Waals surface area (Å²) in [6, 6.07) is 16.7. The van der Waals surface area contributed by atoms with Gasteiger partial charge in [0.25, 0.3) is 5.91 Å². The first-order chi connectivity index (χ1) is 18.4. The molecule has 1 aliphatic carbocycles. The van der Waals surface area contributed by atoms with Crippen LogP contribution in [-0.4, -0.2) is 43.8 Å². The number of ether oxygens (including phenoxy) is 2. The van der Waals surface area contributed by atoms with E-state index in [2.05, 4.69) is 16.4 Å². The van der Waals surface area contributed by atoms with Crippen LogP contribution in [0.4, 0.5) is 0 Å². The van der Waals surface area contributed by atoms with Crippen molar-refractivity contribution in [2.24, 2.45) is 0 Å². The monoisotopic (exact) mass is 529 g/mol. The third kappa shape index (κ3) is 4.75. The SMILES string of the molecule is COc1c(-c2ccc3cnc(CNC(=O)c4ccc5c(c4)S(=O)(=O)CCOC5)cc3n2)cccc1C1CC1. The largest absolute Gasteiger partial charge is 0.496 e. The smallest absolute Gasteiger partial charge is 0.251 e. The third-order valence-electron chi connectivity index (χ3n) is 7.02. The van der Waals surface area contributed by atoms with Crippen LogP contribution in [0.2, 0.25) is 0 Å². The van der Waals surface area contributed by atoms with Crippen molar-refractivity contribution in [3.63, 3.8) is 0 Å². The molecular weight excluding hydrogens is 502 g/mol. The van der Waals surface area contributed by atoms with E-state index in [1.807, 2.05) is 30.3 Å². The fourth-order valence-corrected chi connectivity index (χ4v) is 6.23. The van der Waals surface area contributed by atoms with Crippen molar-refractivity contribution in [3.8, 4) is 17.0 Å². The van der Waals surface area contributed by atoms with Crippen molar-refractivity contribution in [1.82, 2.24) is 15.3 Å². The second-order valence-electron chi connectivity index (χ2n) is 9.64. The van der Waals surface area contributed by atoms with Crippen LogP contribution in [0.15, 0.2) is 65.7 Å². The van der Waals surface area contributed by atoms with Crippen LogP contribution in [-0.2, 0) is 27.7 Å². The minimum absolute atomic E-state index is 0.0994. The molecule has 194 valence electrons. The molecule has 38 heavy (non-hydrogen) atoms. The number of nitrogens with one attached hydrogen (secondary N) is 1. The number of carbonyl (C=O) groups is 1. The molecule has 0 bridgehead atoms. The average Bonchev–Trinajstić information content (AvgIpc) is 3.79. The number of sulfone groups is 1. The van der Waals surface area contributed by atoms with Gasteiger partial charge in [-0.3, -0.25) is 9.78 Å². The van der Waals surface area contributed by atoms with Crippen molar-refractivity contribution >= 4 is 26.6 Å². The van der Waals surface area contributed by atoms with E-state index in [0.29, 0.717) is 17.2 Å². The minimum Gasteiger partial charge on any atom is -0.496 e. The Morgan fingerprint density at radius 3 is 2.82 bits per heavy atom. The first kappa shape index (κ1) is 24.5. The molecule has 2 aromatic carbocycles. The van der Waals surface area contributed by atoms with E-state index >= 15 is 0 Å². The van der Waals surface area contributed by atoms with Crippen LogP contribution in [0.5, 0.6) is 5.75 Å². The van der Waals surface area contributed by atoms with Gasteiger partial charge in [0, 0.05) is 22.7 Å². The number of para-hydroxylation sites is 1. The van der Waals surface area contributed by atoms with Crippen LogP contribution in [0, 0.1) is 0 Å². The molecule has 1 aliphatic heterocycles. The molecule has 0 radical (unpaired) electrons. The number of benzene rings is 2. The number of methoxy groups -OCH3 is 1. The second kappa shape index (κ2) is 9.81. The number of hydrogen-bond acceptors (Lipinski definition) is 7. The molecule has 2 aliphatic rings. The Kier molecular flexibility index (Phi) is 6.33. The molecule has 1 N–H and O–H groups in total. The van der Waals surface area contributed by atoms with Gasteiger partial charge in [0.15, 0.2) is 9.84 Å². The normalized spacial score (nSPS) is 16.4. The maximum Gasteiger partial charge on any atom is 0.251 e. The predicted octanol–water partition coefficient (Wildman–Crippen LogP) is 4.42. The molecule has 8 nitrogen and oxygen atoms in total. The fourth-order valence-electron chi connectivity index (χ4n) is 4.84. The number of pyridine rings is 2. The van der Waals surface area contributed by atoms with Gasteiger partial charge in [0.05, 0.1) is 54.4 Å². The quantitative estimate of drug-likeness (QED) is 0.394. The first-order valence-corrected chi connectivity index (χ1v) is 14.2. The number of amides is 1. The average molecular weight is 530 g/mol. The highest BCUT2D eigenvalue weighted by Gasteiger charge is 2.28. The molecule has 1 fully saturated rings. The van der Waals surface area contributed by atoms with E-state index in [1.165, 1.54) is 24.5 Å². The van der Waals surface area contributed by atoms with Crippen LogP contribution in [0.25, 0.3) is 22.2 Å². The van der Waals surface area contributed by atoms with E-state index in [9.17, 15) is 13.2 Å². The van der Waals surface area contributed by atoms with Crippen molar-refractivity contribution < 1.29 is 22.7 Å². The Bertz CT molecular complexity index is 1660. The summed E-state index contributed by atoms with van der Waals surface area (Å²) in [6.45, 7) is 0.526. The number of carbonyl (C=O) groups excluding carboxylic acids is 1. The highest BCUT2D eigenvalue weighted by Crippen LogP contribution is 2.47. The Morgan fingerprint density at radius 2 is 2.00 bits per heavy atom. The van der Waals surface area contributed by atoms with Crippen molar-refractivity contribution in [2.75, 3.05) is 19.5 Å². The van der Waals surface area contributed by atoms with Gasteiger partial charge in [0.2, 0.25) is 0 Å². The van der Waals surface area contributed by atoms with E-state index < -0.39 is 9.84 Å². The number of rotatable bonds is 6. The Morgan fingerprint density at radius 1 is 1.13 bits per heavy atom. The van der Waals surface area contributed by atoms with E-state index in [0.717, 1.165) is 27.9 Å². The maximum absolute atomic E-state index is 12.9. The summed E-state index contributed by atoms with van der Waals surface area (Å²) in [5.74, 6) is 0.951. The predicted molar refractivity (Wildman–Crippen MR) is 143 cm³/mol. The van der Waals surface area contributed by atoms with Crippen LogP contribution in [0.1, 0.15) is 45.9 Å². The van der Waals surface area contributed by atoms with Gasteiger partial charge < -0.3 is 14.8 Å². The van der Waals surface area contributed by atoms with Gasteiger partial charge in [-0.1, -0.05) is 18.2 Å². The van der Waals surface area contributed by atoms with Gasteiger partial charge in [0.1, 0.15) is 5.75 Å². The number of hydrogen-bond donors (Lipinski definition) is 1. The Balaban J connectivity index is 1.23. The van der Waals surface area contributed by atoms with Crippen molar-refractivity contribution in [3.05, 3.63) is 83.2 Å². The summed E-state index contributed by atoms with van der Waals surface area (Å²) >= 11 is 0. The van der Waals surface area contributed by atoms with Gasteiger partial charge in [-0.25, -0.2) is 13.4 Å². The Labute approximate surface area is 221 Å². The lowest BCUT2D eigenvalue weighted by molar-refractivity contribution is 0.0950. The van der Waals surface area contributed by atoms with Gasteiger partial charge in [-0.15, -0.1) is 0 Å². The molecule has 0 unspecified atom stereocenters. The lowest BCUT2D eigenvalue weighted by atomic mass is 10.0. The Hall–Kier alpha value is -3.82. The van der Waals surface area contributed by atoms with E-state index in [1.54, 1.807) is 25.4 Å². The molecule has 0 spiro atoms. The van der Waals surface area contributed by atoms with Crippen molar-refractivity contribution in [1.29, 1.82) is 0 Å². The molecule has 6 rings (SSSR count). The summed E-state index contributed by atoms with van der Waals surface area (Å²) in [7, 11) is -1.80.